The summed E-state index contributed by atoms with van der Waals surface area (Å²) in [4.78, 5) is 27.3. The fourth-order valence-electron chi connectivity index (χ4n) is 2.34. The highest BCUT2D eigenvalue weighted by atomic mass is 16.5. The molecule has 0 N–H and O–H groups in total. The SMILES string of the molecule is CCOC(=O)[C@@H]1CCCN(C(C)C(=O)N(C)C)C1. The van der Waals surface area contributed by atoms with Crippen LogP contribution in [-0.4, -0.2) is 61.5 Å². The van der Waals surface area contributed by atoms with E-state index in [0.717, 1.165) is 19.4 Å². The number of esters is 1. The number of carbonyl (C=O) groups is 2. The molecule has 104 valence electrons. The third kappa shape index (κ3) is 3.70. The fourth-order valence-corrected chi connectivity index (χ4v) is 2.34. The largest absolute Gasteiger partial charge is 0.466 e. The summed E-state index contributed by atoms with van der Waals surface area (Å²) in [6.07, 6.45) is 1.80. The first kappa shape index (κ1) is 15.0. The minimum atomic E-state index is -0.169. The van der Waals surface area contributed by atoms with Gasteiger partial charge in [0, 0.05) is 20.6 Å². The van der Waals surface area contributed by atoms with Gasteiger partial charge in [0.2, 0.25) is 5.91 Å². The van der Waals surface area contributed by atoms with E-state index in [-0.39, 0.29) is 23.8 Å². The number of hydrogen-bond donors (Lipinski definition) is 0. The van der Waals surface area contributed by atoms with Crippen molar-refractivity contribution in [2.45, 2.75) is 32.7 Å². The summed E-state index contributed by atoms with van der Waals surface area (Å²) in [6, 6.07) is -0.169. The van der Waals surface area contributed by atoms with Gasteiger partial charge in [-0.3, -0.25) is 14.5 Å². The second kappa shape index (κ2) is 6.73. The fraction of sp³-hybridized carbons (Fsp3) is 0.846. The molecular weight excluding hydrogens is 232 g/mol. The van der Waals surface area contributed by atoms with Gasteiger partial charge >= 0.3 is 5.97 Å². The molecule has 0 aromatic carbocycles. The molecule has 0 radical (unpaired) electrons. The molecule has 0 aromatic rings. The van der Waals surface area contributed by atoms with Gasteiger partial charge < -0.3 is 9.64 Å². The minimum Gasteiger partial charge on any atom is -0.466 e. The molecule has 1 saturated heterocycles. The van der Waals surface area contributed by atoms with Gasteiger partial charge in [-0.05, 0) is 33.2 Å². The molecule has 18 heavy (non-hydrogen) atoms. The number of likely N-dealkylation sites (tertiary alicyclic amines) is 1. The number of rotatable bonds is 4. The van der Waals surface area contributed by atoms with Crippen LogP contribution in [0.5, 0.6) is 0 Å². The molecule has 1 heterocycles. The van der Waals surface area contributed by atoms with Crippen LogP contribution in [0.1, 0.15) is 26.7 Å². The summed E-state index contributed by atoms with van der Waals surface area (Å²) in [5.41, 5.74) is 0. The lowest BCUT2D eigenvalue weighted by Crippen LogP contribution is -2.50. The number of likely N-dealkylation sites (N-methyl/N-ethyl adjacent to an activating group) is 1. The van der Waals surface area contributed by atoms with Crippen LogP contribution in [0, 0.1) is 5.92 Å². The first-order valence-electron chi connectivity index (χ1n) is 6.59. The Balaban J connectivity index is 2.58. The first-order valence-corrected chi connectivity index (χ1v) is 6.59. The topological polar surface area (TPSA) is 49.9 Å². The maximum atomic E-state index is 11.9. The summed E-state index contributed by atoms with van der Waals surface area (Å²) >= 11 is 0. The average Bonchev–Trinajstić information content (AvgIpc) is 2.37. The van der Waals surface area contributed by atoms with E-state index in [1.54, 1.807) is 19.0 Å². The van der Waals surface area contributed by atoms with Crippen LogP contribution >= 0.6 is 0 Å². The number of piperidine rings is 1. The van der Waals surface area contributed by atoms with Crippen molar-refractivity contribution in [3.8, 4) is 0 Å². The second-order valence-corrected chi connectivity index (χ2v) is 4.99. The highest BCUT2D eigenvalue weighted by Crippen LogP contribution is 2.20. The van der Waals surface area contributed by atoms with Gasteiger partial charge in [-0.1, -0.05) is 0 Å². The lowest BCUT2D eigenvalue weighted by atomic mass is 9.97. The molecule has 0 spiro atoms. The van der Waals surface area contributed by atoms with Crippen molar-refractivity contribution in [1.29, 1.82) is 0 Å². The highest BCUT2D eigenvalue weighted by molar-refractivity contribution is 5.81. The van der Waals surface area contributed by atoms with Crippen LogP contribution in [0.3, 0.4) is 0 Å². The summed E-state index contributed by atoms with van der Waals surface area (Å²) in [7, 11) is 3.51. The average molecular weight is 256 g/mol. The molecule has 5 nitrogen and oxygen atoms in total. The van der Waals surface area contributed by atoms with Crippen molar-refractivity contribution < 1.29 is 14.3 Å². The van der Waals surface area contributed by atoms with E-state index in [1.165, 1.54) is 0 Å². The molecule has 1 rings (SSSR count). The Labute approximate surface area is 109 Å². The van der Waals surface area contributed by atoms with E-state index >= 15 is 0 Å². The van der Waals surface area contributed by atoms with Gasteiger partial charge in [-0.25, -0.2) is 0 Å². The van der Waals surface area contributed by atoms with Crippen LogP contribution < -0.4 is 0 Å². The van der Waals surface area contributed by atoms with E-state index in [4.69, 9.17) is 4.74 Å². The van der Waals surface area contributed by atoms with Gasteiger partial charge in [0.05, 0.1) is 18.6 Å². The highest BCUT2D eigenvalue weighted by Gasteiger charge is 2.31. The minimum absolute atomic E-state index is 0.0829. The van der Waals surface area contributed by atoms with Crippen molar-refractivity contribution in [3.05, 3.63) is 0 Å². The maximum absolute atomic E-state index is 11.9. The van der Waals surface area contributed by atoms with Gasteiger partial charge in [-0.15, -0.1) is 0 Å². The van der Waals surface area contributed by atoms with Crippen molar-refractivity contribution in [3.63, 3.8) is 0 Å². The summed E-state index contributed by atoms with van der Waals surface area (Å²) in [6.45, 7) is 5.63. The van der Waals surface area contributed by atoms with Crippen LogP contribution in [0.15, 0.2) is 0 Å². The molecule has 0 saturated carbocycles. The summed E-state index contributed by atoms with van der Waals surface area (Å²) in [5.74, 6) is -0.137. The molecule has 1 aliphatic rings. The van der Waals surface area contributed by atoms with Gasteiger partial charge in [0.15, 0.2) is 0 Å². The van der Waals surface area contributed by atoms with Crippen molar-refractivity contribution in [2.75, 3.05) is 33.8 Å². The normalized spacial score (nSPS) is 22.3. The van der Waals surface area contributed by atoms with E-state index in [1.807, 2.05) is 13.8 Å². The Kier molecular flexibility index (Phi) is 5.59. The number of ether oxygens (including phenoxy) is 1. The zero-order valence-corrected chi connectivity index (χ0v) is 11.8. The lowest BCUT2D eigenvalue weighted by molar-refractivity contribution is -0.151. The lowest BCUT2D eigenvalue weighted by Gasteiger charge is -2.35. The van der Waals surface area contributed by atoms with Crippen molar-refractivity contribution >= 4 is 11.9 Å². The summed E-state index contributed by atoms with van der Waals surface area (Å²) < 4.78 is 5.06. The smallest absolute Gasteiger partial charge is 0.310 e. The van der Waals surface area contributed by atoms with Crippen molar-refractivity contribution in [2.24, 2.45) is 5.92 Å². The molecule has 0 aliphatic carbocycles. The monoisotopic (exact) mass is 256 g/mol. The Morgan fingerprint density at radius 1 is 1.44 bits per heavy atom. The molecule has 5 heteroatoms. The van der Waals surface area contributed by atoms with E-state index < -0.39 is 0 Å². The number of carbonyl (C=O) groups excluding carboxylic acids is 2. The third-order valence-electron chi connectivity index (χ3n) is 3.42. The molecular formula is C13H24N2O3. The van der Waals surface area contributed by atoms with Gasteiger partial charge in [-0.2, -0.15) is 0 Å². The Morgan fingerprint density at radius 3 is 2.67 bits per heavy atom. The number of nitrogens with zero attached hydrogens (tertiary/aromatic N) is 2. The number of amides is 1. The third-order valence-corrected chi connectivity index (χ3v) is 3.42. The maximum Gasteiger partial charge on any atom is 0.310 e. The zero-order valence-electron chi connectivity index (χ0n) is 11.8. The molecule has 0 aromatic heterocycles. The van der Waals surface area contributed by atoms with E-state index in [2.05, 4.69) is 4.90 Å². The molecule has 0 bridgehead atoms. The standard InChI is InChI=1S/C13H24N2O3/c1-5-18-13(17)11-7-6-8-15(9-11)10(2)12(16)14(3)4/h10-11H,5-9H2,1-4H3/t10?,11-/m1/s1. The Bertz CT molecular complexity index is 305. The molecule has 2 atom stereocenters. The molecule has 1 amide bonds. The quantitative estimate of drug-likeness (QED) is 0.696. The summed E-state index contributed by atoms with van der Waals surface area (Å²) in [5, 5.41) is 0. The predicted octanol–water partition coefficient (Wildman–Crippen LogP) is 0.738. The second-order valence-electron chi connectivity index (χ2n) is 4.99. The van der Waals surface area contributed by atoms with Crippen molar-refractivity contribution in [1.82, 2.24) is 9.80 Å². The molecule has 1 fully saturated rings. The van der Waals surface area contributed by atoms with Crippen LogP contribution in [0.25, 0.3) is 0 Å². The van der Waals surface area contributed by atoms with Gasteiger partial charge in [0.1, 0.15) is 0 Å². The number of hydrogen-bond acceptors (Lipinski definition) is 4. The first-order chi connectivity index (χ1) is 8.47. The van der Waals surface area contributed by atoms with Gasteiger partial charge in [0.25, 0.3) is 0 Å². The van der Waals surface area contributed by atoms with E-state index in [9.17, 15) is 9.59 Å². The Morgan fingerprint density at radius 2 is 2.11 bits per heavy atom. The zero-order chi connectivity index (χ0) is 13.7. The van der Waals surface area contributed by atoms with Crippen LogP contribution in [0.2, 0.25) is 0 Å². The molecule has 1 aliphatic heterocycles. The van der Waals surface area contributed by atoms with E-state index in [0.29, 0.717) is 13.2 Å². The predicted molar refractivity (Wildman–Crippen MR) is 69.1 cm³/mol. The molecule has 1 unspecified atom stereocenters. The van der Waals surface area contributed by atoms with Crippen LogP contribution in [-0.2, 0) is 14.3 Å². The van der Waals surface area contributed by atoms with Crippen LogP contribution in [0.4, 0.5) is 0 Å². The Hall–Kier alpha value is -1.10.